The molecule has 1 nitrogen and oxygen atoms in total. The van der Waals surface area contributed by atoms with Gasteiger partial charge in [-0.15, -0.1) is 0 Å². The van der Waals surface area contributed by atoms with Crippen molar-refractivity contribution in [3.05, 3.63) is 71.3 Å². The van der Waals surface area contributed by atoms with Crippen molar-refractivity contribution in [2.75, 3.05) is 0 Å². The number of rotatable bonds is 4. The van der Waals surface area contributed by atoms with Crippen LogP contribution in [0.15, 0.2) is 48.5 Å². The van der Waals surface area contributed by atoms with Crippen molar-refractivity contribution in [3.8, 4) is 0 Å². The number of benzene rings is 2. The zero-order valence-electron chi connectivity index (χ0n) is 10.9. The molecule has 0 bridgehead atoms. The van der Waals surface area contributed by atoms with Crippen LogP contribution in [0.3, 0.4) is 0 Å². The first-order chi connectivity index (χ1) is 9.62. The van der Waals surface area contributed by atoms with Gasteiger partial charge in [-0.2, -0.15) is 0 Å². The van der Waals surface area contributed by atoms with Crippen LogP contribution >= 0.6 is 0 Å². The Kier molecular flexibility index (Phi) is 3.13. The smallest absolute Gasteiger partial charge is 0.147 e. The van der Waals surface area contributed by atoms with Gasteiger partial charge in [0.05, 0.1) is 5.41 Å². The number of carbonyl (C=O) groups is 1. The van der Waals surface area contributed by atoms with Crippen LogP contribution in [0.25, 0.3) is 0 Å². The summed E-state index contributed by atoms with van der Waals surface area (Å²) < 4.78 is 26.8. The summed E-state index contributed by atoms with van der Waals surface area (Å²) >= 11 is 0. The fourth-order valence-electron chi connectivity index (χ4n) is 2.63. The Labute approximate surface area is 116 Å². The Morgan fingerprint density at radius 2 is 1.75 bits per heavy atom. The minimum Gasteiger partial charge on any atom is -0.298 e. The van der Waals surface area contributed by atoms with E-state index in [1.54, 1.807) is 0 Å². The predicted molar refractivity (Wildman–Crippen MR) is 72.4 cm³/mol. The van der Waals surface area contributed by atoms with E-state index in [0.29, 0.717) is 0 Å². The molecule has 0 unspecified atom stereocenters. The van der Waals surface area contributed by atoms with Crippen molar-refractivity contribution >= 4 is 5.78 Å². The maximum absolute atomic E-state index is 13.6. The normalized spacial score (nSPS) is 15.9. The molecule has 1 aliphatic carbocycles. The highest BCUT2D eigenvalue weighted by molar-refractivity contribution is 5.94. The van der Waals surface area contributed by atoms with E-state index in [1.807, 2.05) is 30.3 Å². The molecule has 1 aliphatic rings. The molecule has 0 aromatic heterocycles. The summed E-state index contributed by atoms with van der Waals surface area (Å²) in [5.74, 6) is -1.07. The summed E-state index contributed by atoms with van der Waals surface area (Å²) in [6.45, 7) is 0. The summed E-state index contributed by atoms with van der Waals surface area (Å²) in [6.07, 6.45) is 1.51. The van der Waals surface area contributed by atoms with Gasteiger partial charge in [-0.05, 0) is 42.2 Å². The van der Waals surface area contributed by atoms with Crippen LogP contribution in [0.4, 0.5) is 8.78 Å². The van der Waals surface area contributed by atoms with Gasteiger partial charge in [0.15, 0.2) is 0 Å². The van der Waals surface area contributed by atoms with E-state index < -0.39 is 17.0 Å². The number of hydrogen-bond donors (Lipinski definition) is 0. The fourth-order valence-corrected chi connectivity index (χ4v) is 2.63. The Hall–Kier alpha value is -2.03. The van der Waals surface area contributed by atoms with E-state index in [1.165, 1.54) is 0 Å². The van der Waals surface area contributed by atoms with E-state index in [2.05, 4.69) is 0 Å². The first-order valence-corrected chi connectivity index (χ1v) is 6.65. The maximum atomic E-state index is 13.6. The number of hydrogen-bond acceptors (Lipinski definition) is 1. The van der Waals surface area contributed by atoms with Crippen LogP contribution in [-0.4, -0.2) is 5.78 Å². The standard InChI is InChI=1S/C17H14F2O/c18-14-6-7-15(19)12(10-14)11-16(20)17(8-9-17)13-4-2-1-3-5-13/h1-7,10H,8-9,11H2. The second-order valence-corrected chi connectivity index (χ2v) is 5.28. The molecule has 0 radical (unpaired) electrons. The van der Waals surface area contributed by atoms with Gasteiger partial charge < -0.3 is 0 Å². The highest BCUT2D eigenvalue weighted by Crippen LogP contribution is 2.49. The van der Waals surface area contributed by atoms with Gasteiger partial charge in [-0.25, -0.2) is 8.78 Å². The summed E-state index contributed by atoms with van der Waals surface area (Å²) in [7, 11) is 0. The molecule has 0 aliphatic heterocycles. The molecule has 3 heteroatoms. The molecular formula is C17H14F2O. The maximum Gasteiger partial charge on any atom is 0.147 e. The molecule has 0 amide bonds. The average Bonchev–Trinajstić information content (AvgIpc) is 3.25. The van der Waals surface area contributed by atoms with Crippen molar-refractivity contribution in [1.29, 1.82) is 0 Å². The van der Waals surface area contributed by atoms with Gasteiger partial charge in [0.1, 0.15) is 17.4 Å². The van der Waals surface area contributed by atoms with E-state index >= 15 is 0 Å². The lowest BCUT2D eigenvalue weighted by molar-refractivity contribution is -0.120. The minimum absolute atomic E-state index is 0.0341. The topological polar surface area (TPSA) is 17.1 Å². The minimum atomic E-state index is -0.524. The van der Waals surface area contributed by atoms with Crippen LogP contribution in [0.5, 0.6) is 0 Å². The molecular weight excluding hydrogens is 258 g/mol. The molecule has 1 fully saturated rings. The Bertz CT molecular complexity index is 645. The number of Topliss-reactive ketones (excluding diaryl/α,β-unsaturated/α-hetero) is 1. The average molecular weight is 272 g/mol. The van der Waals surface area contributed by atoms with Crippen LogP contribution < -0.4 is 0 Å². The van der Waals surface area contributed by atoms with Gasteiger partial charge >= 0.3 is 0 Å². The van der Waals surface area contributed by atoms with Crippen LogP contribution in [-0.2, 0) is 16.6 Å². The molecule has 20 heavy (non-hydrogen) atoms. The number of carbonyl (C=O) groups excluding carboxylic acids is 1. The second-order valence-electron chi connectivity index (χ2n) is 5.28. The molecule has 102 valence electrons. The van der Waals surface area contributed by atoms with Crippen molar-refractivity contribution in [2.24, 2.45) is 0 Å². The Balaban J connectivity index is 1.85. The van der Waals surface area contributed by atoms with Gasteiger partial charge in [0, 0.05) is 6.42 Å². The SMILES string of the molecule is O=C(Cc1cc(F)ccc1F)C1(c2ccccc2)CC1. The third-order valence-electron chi connectivity index (χ3n) is 3.97. The highest BCUT2D eigenvalue weighted by atomic mass is 19.1. The monoisotopic (exact) mass is 272 g/mol. The molecule has 2 aromatic rings. The van der Waals surface area contributed by atoms with Crippen molar-refractivity contribution in [1.82, 2.24) is 0 Å². The molecule has 0 N–H and O–H groups in total. The highest BCUT2D eigenvalue weighted by Gasteiger charge is 2.50. The summed E-state index contributed by atoms with van der Waals surface area (Å²) in [4.78, 5) is 12.5. The molecule has 0 saturated heterocycles. The first-order valence-electron chi connectivity index (χ1n) is 6.65. The molecule has 3 rings (SSSR count). The third kappa shape index (κ3) is 2.24. The molecule has 0 heterocycles. The predicted octanol–water partition coefficient (Wildman–Crippen LogP) is 3.81. The zero-order valence-corrected chi connectivity index (χ0v) is 10.9. The van der Waals surface area contributed by atoms with E-state index in [0.717, 1.165) is 36.6 Å². The van der Waals surface area contributed by atoms with Gasteiger partial charge in [0.2, 0.25) is 0 Å². The van der Waals surface area contributed by atoms with E-state index in [4.69, 9.17) is 0 Å². The fraction of sp³-hybridized carbons (Fsp3) is 0.235. The lowest BCUT2D eigenvalue weighted by atomic mass is 9.88. The quantitative estimate of drug-likeness (QED) is 0.827. The van der Waals surface area contributed by atoms with Crippen LogP contribution in [0.2, 0.25) is 0 Å². The molecule has 0 spiro atoms. The van der Waals surface area contributed by atoms with Crippen LogP contribution in [0.1, 0.15) is 24.0 Å². The number of halogens is 2. The summed E-state index contributed by atoms with van der Waals surface area (Å²) in [5.41, 5.74) is 0.624. The van der Waals surface area contributed by atoms with Gasteiger partial charge in [-0.3, -0.25) is 4.79 Å². The molecule has 1 saturated carbocycles. The largest absolute Gasteiger partial charge is 0.298 e. The Morgan fingerprint density at radius 3 is 2.40 bits per heavy atom. The van der Waals surface area contributed by atoms with Crippen molar-refractivity contribution in [3.63, 3.8) is 0 Å². The van der Waals surface area contributed by atoms with E-state index in [9.17, 15) is 13.6 Å². The first kappa shape index (κ1) is 13.0. The number of ketones is 1. The lowest BCUT2D eigenvalue weighted by Gasteiger charge is -2.14. The third-order valence-corrected chi connectivity index (χ3v) is 3.97. The molecule has 0 atom stereocenters. The summed E-state index contributed by atoms with van der Waals surface area (Å²) in [5, 5.41) is 0. The van der Waals surface area contributed by atoms with Crippen molar-refractivity contribution < 1.29 is 13.6 Å². The van der Waals surface area contributed by atoms with E-state index in [-0.39, 0.29) is 17.8 Å². The van der Waals surface area contributed by atoms with Gasteiger partial charge in [-0.1, -0.05) is 30.3 Å². The van der Waals surface area contributed by atoms with Gasteiger partial charge in [0.25, 0.3) is 0 Å². The van der Waals surface area contributed by atoms with Crippen molar-refractivity contribution in [2.45, 2.75) is 24.7 Å². The lowest BCUT2D eigenvalue weighted by Crippen LogP contribution is -2.23. The summed E-state index contributed by atoms with van der Waals surface area (Å²) in [6, 6.07) is 12.8. The molecule has 2 aromatic carbocycles. The Morgan fingerprint density at radius 1 is 1.05 bits per heavy atom. The van der Waals surface area contributed by atoms with Crippen LogP contribution in [0, 0.1) is 11.6 Å². The second kappa shape index (κ2) is 4.82. The zero-order chi connectivity index (χ0) is 14.2.